The van der Waals surface area contributed by atoms with Crippen molar-refractivity contribution < 1.29 is 19.5 Å². The predicted molar refractivity (Wildman–Crippen MR) is 105 cm³/mol. The van der Waals surface area contributed by atoms with E-state index in [1.807, 2.05) is 33.8 Å². The van der Waals surface area contributed by atoms with Crippen LogP contribution >= 0.6 is 0 Å². The Morgan fingerprint density at radius 3 is 2.86 bits per heavy atom. The third-order valence-corrected chi connectivity index (χ3v) is 4.86. The van der Waals surface area contributed by atoms with Gasteiger partial charge in [0.25, 0.3) is 0 Å². The van der Waals surface area contributed by atoms with Gasteiger partial charge in [0.15, 0.2) is 6.73 Å². The van der Waals surface area contributed by atoms with Crippen LogP contribution in [0.5, 0.6) is 5.88 Å². The average molecular weight is 389 g/mol. The molecular formula is C20H27N3O5. The molecule has 0 amide bonds. The van der Waals surface area contributed by atoms with E-state index in [4.69, 9.17) is 16.0 Å². The molecule has 1 aliphatic rings. The summed E-state index contributed by atoms with van der Waals surface area (Å²) < 4.78 is 7.40. The minimum Gasteiger partial charge on any atom is -0.493 e. The Morgan fingerprint density at radius 1 is 1.50 bits per heavy atom. The highest BCUT2D eigenvalue weighted by molar-refractivity contribution is 5.81. The number of allylic oxidation sites excluding steroid dienone is 2. The van der Waals surface area contributed by atoms with E-state index in [9.17, 15) is 14.7 Å². The number of aromatic nitrogens is 2. The monoisotopic (exact) mass is 389 g/mol. The third kappa shape index (κ3) is 4.66. The van der Waals surface area contributed by atoms with Gasteiger partial charge in [0.1, 0.15) is 6.61 Å². The second-order valence-corrected chi connectivity index (χ2v) is 7.43. The Hall–Kier alpha value is -2.95. The van der Waals surface area contributed by atoms with Crippen LogP contribution < -0.4 is 5.69 Å². The summed E-state index contributed by atoms with van der Waals surface area (Å²) in [6.45, 7) is 8.06. The molecule has 152 valence electrons. The van der Waals surface area contributed by atoms with E-state index >= 15 is 0 Å². The van der Waals surface area contributed by atoms with Crippen molar-refractivity contribution in [1.29, 1.82) is 0 Å². The van der Waals surface area contributed by atoms with Gasteiger partial charge in [0.2, 0.25) is 5.88 Å². The van der Waals surface area contributed by atoms with Gasteiger partial charge in [-0.15, -0.1) is 6.42 Å². The fraction of sp³-hybridized carbons (Fsp3) is 0.550. The number of rotatable bonds is 9. The summed E-state index contributed by atoms with van der Waals surface area (Å²) in [6.07, 6.45) is 10.9. The van der Waals surface area contributed by atoms with Crippen molar-refractivity contribution in [2.24, 2.45) is 22.4 Å². The second kappa shape index (κ2) is 8.83. The molecule has 1 aromatic rings. The van der Waals surface area contributed by atoms with Crippen molar-refractivity contribution >= 4 is 12.2 Å². The van der Waals surface area contributed by atoms with Crippen LogP contribution in [0.15, 0.2) is 27.8 Å². The molecule has 2 atom stereocenters. The number of esters is 1. The molecule has 1 heterocycles. The van der Waals surface area contributed by atoms with Crippen molar-refractivity contribution in [3.05, 3.63) is 28.3 Å². The molecular weight excluding hydrogens is 362 g/mol. The summed E-state index contributed by atoms with van der Waals surface area (Å²) in [5.74, 6) is 1.25. The van der Waals surface area contributed by atoms with Crippen molar-refractivity contribution in [3.63, 3.8) is 0 Å². The molecule has 1 N–H and O–H groups in total. The Balaban J connectivity index is 1.99. The molecule has 8 heteroatoms. The summed E-state index contributed by atoms with van der Waals surface area (Å²) in [5, 5.41) is 13.7. The lowest BCUT2D eigenvalue weighted by molar-refractivity contribution is -0.150. The molecule has 1 saturated carbocycles. The van der Waals surface area contributed by atoms with Crippen LogP contribution in [0.2, 0.25) is 0 Å². The number of hydrogen-bond acceptors (Lipinski definition) is 6. The van der Waals surface area contributed by atoms with Crippen molar-refractivity contribution in [1.82, 2.24) is 9.13 Å². The minimum atomic E-state index is -0.533. The maximum Gasteiger partial charge on any atom is 0.334 e. The van der Waals surface area contributed by atoms with E-state index in [-0.39, 0.29) is 36.4 Å². The smallest absolute Gasteiger partial charge is 0.334 e. The number of carbonyl (C=O) groups is 1. The van der Waals surface area contributed by atoms with E-state index in [2.05, 4.69) is 11.1 Å². The quantitative estimate of drug-likeness (QED) is 0.229. The van der Waals surface area contributed by atoms with E-state index in [1.54, 1.807) is 6.21 Å². The van der Waals surface area contributed by atoms with Gasteiger partial charge in [-0.2, -0.15) is 0 Å². The molecule has 1 aliphatic carbocycles. The zero-order valence-corrected chi connectivity index (χ0v) is 16.7. The van der Waals surface area contributed by atoms with Gasteiger partial charge in [-0.05, 0) is 30.3 Å². The standard InChI is InChI=1S/C20H27N3O5/c1-6-8-22-12-16(24)23(19(22)26)13-27-18(25)17-15(20(17,4)5)10-14(3)11-21-28-9-7-2/h1,10-12,15,17,24H,7-9,13H2,2-5H3. The highest BCUT2D eigenvalue weighted by Crippen LogP contribution is 2.59. The van der Waals surface area contributed by atoms with Gasteiger partial charge in [-0.25, -0.2) is 9.36 Å². The fourth-order valence-corrected chi connectivity index (χ4v) is 3.10. The first kappa shape index (κ1) is 21.4. The highest BCUT2D eigenvalue weighted by Gasteiger charge is 2.61. The van der Waals surface area contributed by atoms with Crippen molar-refractivity contribution in [3.8, 4) is 18.2 Å². The molecule has 0 saturated heterocycles. The lowest BCUT2D eigenvalue weighted by atomic mass is 10.1. The molecule has 0 aromatic carbocycles. The van der Waals surface area contributed by atoms with Gasteiger partial charge in [-0.1, -0.05) is 37.9 Å². The van der Waals surface area contributed by atoms with E-state index in [0.29, 0.717) is 6.61 Å². The zero-order chi connectivity index (χ0) is 20.9. The molecule has 2 unspecified atom stereocenters. The Labute approximate surface area is 164 Å². The number of carbonyl (C=O) groups excluding carboxylic acids is 1. The molecule has 0 aliphatic heterocycles. The molecule has 1 fully saturated rings. The predicted octanol–water partition coefficient (Wildman–Crippen LogP) is 2.12. The number of imidazole rings is 1. The summed E-state index contributed by atoms with van der Waals surface area (Å²) in [7, 11) is 0. The minimum absolute atomic E-state index is 0.00557. The number of terminal acetylenes is 1. The lowest BCUT2D eigenvalue weighted by Gasteiger charge is -2.06. The maximum absolute atomic E-state index is 12.5. The number of hydrogen-bond donors (Lipinski definition) is 1. The average Bonchev–Trinajstić information content (AvgIpc) is 3.05. The number of nitrogens with zero attached hydrogens (tertiary/aromatic N) is 3. The van der Waals surface area contributed by atoms with Gasteiger partial charge < -0.3 is 14.7 Å². The third-order valence-electron chi connectivity index (χ3n) is 4.86. The molecule has 1 aromatic heterocycles. The van der Waals surface area contributed by atoms with Crippen LogP contribution in [0, 0.1) is 29.6 Å². The first-order valence-electron chi connectivity index (χ1n) is 9.16. The van der Waals surface area contributed by atoms with Gasteiger partial charge >= 0.3 is 11.7 Å². The van der Waals surface area contributed by atoms with Crippen molar-refractivity contribution in [2.45, 2.75) is 47.4 Å². The van der Waals surface area contributed by atoms with Crippen LogP contribution in [0.25, 0.3) is 0 Å². The van der Waals surface area contributed by atoms with Gasteiger partial charge in [0.05, 0.1) is 24.9 Å². The molecule has 8 nitrogen and oxygen atoms in total. The van der Waals surface area contributed by atoms with Crippen LogP contribution in [0.3, 0.4) is 0 Å². The van der Waals surface area contributed by atoms with Crippen LogP contribution in [0.4, 0.5) is 0 Å². The molecule has 0 bridgehead atoms. The van der Waals surface area contributed by atoms with Crippen LogP contribution in [0.1, 0.15) is 34.1 Å². The SMILES string of the molecule is C#CCn1cc(O)n(COC(=O)C2C(C=C(C)C=NOCCC)C2(C)C)c1=O. The number of ether oxygens (including phenoxy) is 1. The molecule has 28 heavy (non-hydrogen) atoms. The normalized spacial score (nSPS) is 20.8. The Morgan fingerprint density at radius 2 is 2.21 bits per heavy atom. The Kier molecular flexibility index (Phi) is 6.73. The highest BCUT2D eigenvalue weighted by atomic mass is 16.6. The largest absolute Gasteiger partial charge is 0.493 e. The van der Waals surface area contributed by atoms with Crippen LogP contribution in [-0.2, 0) is 27.6 Å². The number of aromatic hydroxyl groups is 1. The van der Waals surface area contributed by atoms with E-state index in [1.165, 1.54) is 10.8 Å². The fourth-order valence-electron chi connectivity index (χ4n) is 3.10. The zero-order valence-electron chi connectivity index (χ0n) is 16.7. The van der Waals surface area contributed by atoms with E-state index in [0.717, 1.165) is 16.6 Å². The summed E-state index contributed by atoms with van der Waals surface area (Å²) >= 11 is 0. The number of oxime groups is 1. The maximum atomic E-state index is 12.5. The van der Waals surface area contributed by atoms with Crippen molar-refractivity contribution in [2.75, 3.05) is 6.61 Å². The lowest BCUT2D eigenvalue weighted by Crippen LogP contribution is -2.26. The van der Waals surface area contributed by atoms with Gasteiger partial charge in [0, 0.05) is 0 Å². The molecule has 2 rings (SSSR count). The summed E-state index contributed by atoms with van der Waals surface area (Å²) in [4.78, 5) is 29.7. The first-order chi connectivity index (χ1) is 13.2. The second-order valence-electron chi connectivity index (χ2n) is 7.43. The molecule has 0 radical (unpaired) electrons. The Bertz CT molecular complexity index is 869. The molecule has 0 spiro atoms. The summed E-state index contributed by atoms with van der Waals surface area (Å²) in [5.41, 5.74) is 0.0948. The van der Waals surface area contributed by atoms with Gasteiger partial charge in [-0.3, -0.25) is 9.36 Å². The topological polar surface area (TPSA) is 95.1 Å². The summed E-state index contributed by atoms with van der Waals surface area (Å²) in [6, 6.07) is 0. The first-order valence-corrected chi connectivity index (χ1v) is 9.16. The van der Waals surface area contributed by atoms with Crippen LogP contribution in [-0.4, -0.2) is 33.0 Å². The van der Waals surface area contributed by atoms with E-state index < -0.39 is 11.7 Å².